The molecule has 1 aromatic heterocycles. The molecule has 0 amide bonds. The Hall–Kier alpha value is -1.79. The minimum absolute atomic E-state index is 0.365. The minimum Gasteiger partial charge on any atom is -0.330 e. The number of piperidine rings is 1. The SMILES string of the molecule is NCCC(N)(c1nsc2ccccc12)C1CCCN(Cc2ccccc2)C1. The van der Waals surface area contributed by atoms with Gasteiger partial charge in [0.15, 0.2) is 0 Å². The fraction of sp³-hybridized carbons (Fsp3) is 0.409. The van der Waals surface area contributed by atoms with Gasteiger partial charge in [-0.2, -0.15) is 4.37 Å². The predicted octanol–water partition coefficient (Wildman–Crippen LogP) is 3.71. The van der Waals surface area contributed by atoms with Crippen LogP contribution in [-0.2, 0) is 12.1 Å². The van der Waals surface area contributed by atoms with E-state index in [1.54, 1.807) is 11.5 Å². The van der Waals surface area contributed by atoms with Crippen LogP contribution in [0, 0.1) is 5.92 Å². The molecule has 1 fully saturated rings. The summed E-state index contributed by atoms with van der Waals surface area (Å²) in [5.74, 6) is 0.365. The number of rotatable bonds is 6. The van der Waals surface area contributed by atoms with Gasteiger partial charge in [0.25, 0.3) is 0 Å². The lowest BCUT2D eigenvalue weighted by atomic mass is 9.74. The fourth-order valence-electron chi connectivity index (χ4n) is 4.44. The quantitative estimate of drug-likeness (QED) is 0.684. The molecule has 0 aliphatic carbocycles. The molecule has 2 heterocycles. The Balaban J connectivity index is 1.61. The van der Waals surface area contributed by atoms with Crippen molar-refractivity contribution in [3.63, 3.8) is 0 Å². The van der Waals surface area contributed by atoms with Gasteiger partial charge in [-0.05, 0) is 61.4 Å². The standard InChI is InChI=1S/C22H28N4S/c23-13-12-22(24,21-19-10-4-5-11-20(19)27-25-21)18-9-6-14-26(16-18)15-17-7-2-1-3-8-17/h1-5,7-8,10-11,18H,6,9,12-16,23-24H2. The third-order valence-electron chi connectivity index (χ3n) is 5.86. The summed E-state index contributed by atoms with van der Waals surface area (Å²) in [6.45, 7) is 3.69. The van der Waals surface area contributed by atoms with E-state index in [0.717, 1.165) is 38.2 Å². The first-order valence-electron chi connectivity index (χ1n) is 9.81. The molecule has 4 N–H and O–H groups in total. The maximum Gasteiger partial charge on any atom is 0.0823 e. The molecule has 0 radical (unpaired) electrons. The van der Waals surface area contributed by atoms with Gasteiger partial charge >= 0.3 is 0 Å². The summed E-state index contributed by atoms with van der Waals surface area (Å²) in [4.78, 5) is 2.54. The molecule has 4 rings (SSSR count). The minimum atomic E-state index is -0.469. The average Bonchev–Trinajstić information content (AvgIpc) is 3.14. The Labute approximate surface area is 165 Å². The number of nitrogens with zero attached hydrogens (tertiary/aromatic N) is 2. The van der Waals surface area contributed by atoms with Crippen molar-refractivity contribution in [1.82, 2.24) is 9.27 Å². The van der Waals surface area contributed by atoms with Crippen molar-refractivity contribution in [3.05, 3.63) is 65.9 Å². The van der Waals surface area contributed by atoms with Crippen LogP contribution in [0.3, 0.4) is 0 Å². The van der Waals surface area contributed by atoms with Crippen molar-refractivity contribution in [1.29, 1.82) is 0 Å². The molecule has 1 aliphatic heterocycles. The molecule has 2 atom stereocenters. The van der Waals surface area contributed by atoms with Crippen molar-refractivity contribution >= 4 is 21.6 Å². The van der Waals surface area contributed by atoms with Crippen LogP contribution < -0.4 is 11.5 Å². The normalized spacial score (nSPS) is 20.6. The molecule has 2 aromatic carbocycles. The van der Waals surface area contributed by atoms with E-state index >= 15 is 0 Å². The van der Waals surface area contributed by atoms with Gasteiger partial charge in [-0.3, -0.25) is 4.90 Å². The summed E-state index contributed by atoms with van der Waals surface area (Å²) in [5, 5.41) is 1.19. The van der Waals surface area contributed by atoms with Crippen molar-refractivity contribution < 1.29 is 0 Å². The number of hydrogen-bond donors (Lipinski definition) is 2. The third-order valence-corrected chi connectivity index (χ3v) is 6.69. The molecule has 2 unspecified atom stereocenters. The van der Waals surface area contributed by atoms with E-state index in [1.807, 2.05) is 0 Å². The largest absolute Gasteiger partial charge is 0.330 e. The smallest absolute Gasteiger partial charge is 0.0823 e. The highest BCUT2D eigenvalue weighted by atomic mass is 32.1. The number of likely N-dealkylation sites (tertiary alicyclic amines) is 1. The van der Waals surface area contributed by atoms with Crippen LogP contribution in [-0.4, -0.2) is 28.9 Å². The van der Waals surface area contributed by atoms with E-state index in [4.69, 9.17) is 15.8 Å². The summed E-state index contributed by atoms with van der Waals surface area (Å²) in [7, 11) is 0. The number of nitrogens with two attached hydrogens (primary N) is 2. The lowest BCUT2D eigenvalue weighted by Crippen LogP contribution is -2.52. The van der Waals surface area contributed by atoms with Crippen molar-refractivity contribution in [2.24, 2.45) is 17.4 Å². The maximum atomic E-state index is 7.11. The van der Waals surface area contributed by atoms with Gasteiger partial charge in [0.1, 0.15) is 0 Å². The first kappa shape index (κ1) is 18.6. The van der Waals surface area contributed by atoms with Crippen LogP contribution in [0.15, 0.2) is 54.6 Å². The number of aromatic nitrogens is 1. The topological polar surface area (TPSA) is 68.2 Å². The third kappa shape index (κ3) is 3.78. The van der Waals surface area contributed by atoms with Crippen LogP contribution in [0.4, 0.5) is 0 Å². The number of fused-ring (bicyclic) bond motifs is 1. The highest BCUT2D eigenvalue weighted by Gasteiger charge is 2.41. The van der Waals surface area contributed by atoms with E-state index in [2.05, 4.69) is 59.5 Å². The monoisotopic (exact) mass is 380 g/mol. The Bertz CT molecular complexity index is 878. The fourth-order valence-corrected chi connectivity index (χ4v) is 5.30. The number of hydrogen-bond acceptors (Lipinski definition) is 5. The Morgan fingerprint density at radius 1 is 1.11 bits per heavy atom. The van der Waals surface area contributed by atoms with E-state index in [0.29, 0.717) is 12.5 Å². The van der Waals surface area contributed by atoms with Gasteiger partial charge < -0.3 is 11.5 Å². The van der Waals surface area contributed by atoms with Crippen molar-refractivity contribution in [2.45, 2.75) is 31.3 Å². The van der Waals surface area contributed by atoms with Gasteiger partial charge in [0.05, 0.1) is 15.9 Å². The molecule has 27 heavy (non-hydrogen) atoms. The Morgan fingerprint density at radius 2 is 1.89 bits per heavy atom. The molecule has 5 heteroatoms. The first-order chi connectivity index (χ1) is 13.2. The van der Waals surface area contributed by atoms with Crippen LogP contribution >= 0.6 is 11.5 Å². The molecule has 0 spiro atoms. The van der Waals surface area contributed by atoms with Crippen LogP contribution in [0.25, 0.3) is 10.1 Å². The van der Waals surface area contributed by atoms with Gasteiger partial charge in [-0.1, -0.05) is 48.5 Å². The first-order valence-corrected chi connectivity index (χ1v) is 10.6. The highest BCUT2D eigenvalue weighted by molar-refractivity contribution is 7.13. The highest BCUT2D eigenvalue weighted by Crippen LogP contribution is 2.40. The van der Waals surface area contributed by atoms with Crippen LogP contribution in [0.5, 0.6) is 0 Å². The molecule has 1 aliphatic rings. The maximum absolute atomic E-state index is 7.11. The second-order valence-corrected chi connectivity index (χ2v) is 8.47. The average molecular weight is 381 g/mol. The molecule has 3 aromatic rings. The van der Waals surface area contributed by atoms with E-state index in [1.165, 1.54) is 22.1 Å². The van der Waals surface area contributed by atoms with Crippen molar-refractivity contribution in [3.8, 4) is 0 Å². The van der Waals surface area contributed by atoms with Gasteiger partial charge in [0.2, 0.25) is 0 Å². The molecular weight excluding hydrogens is 352 g/mol. The molecule has 0 bridgehead atoms. The summed E-state index contributed by atoms with van der Waals surface area (Å²) >= 11 is 1.55. The van der Waals surface area contributed by atoms with Crippen molar-refractivity contribution in [2.75, 3.05) is 19.6 Å². The van der Waals surface area contributed by atoms with E-state index in [-0.39, 0.29) is 0 Å². The van der Waals surface area contributed by atoms with Crippen LogP contribution in [0.2, 0.25) is 0 Å². The predicted molar refractivity (Wildman–Crippen MR) is 114 cm³/mol. The zero-order valence-corrected chi connectivity index (χ0v) is 16.5. The second-order valence-electron chi connectivity index (χ2n) is 7.67. The zero-order chi connectivity index (χ0) is 18.7. The Morgan fingerprint density at radius 3 is 2.70 bits per heavy atom. The molecular formula is C22H28N4S. The Kier molecular flexibility index (Phi) is 5.55. The summed E-state index contributed by atoms with van der Waals surface area (Å²) < 4.78 is 6.02. The van der Waals surface area contributed by atoms with Gasteiger partial charge in [-0.15, -0.1) is 0 Å². The molecule has 0 saturated carbocycles. The summed E-state index contributed by atoms with van der Waals surface area (Å²) in [6.07, 6.45) is 3.07. The zero-order valence-electron chi connectivity index (χ0n) is 15.7. The molecule has 4 nitrogen and oxygen atoms in total. The summed E-state index contributed by atoms with van der Waals surface area (Å²) in [5.41, 5.74) is 15.1. The van der Waals surface area contributed by atoms with Gasteiger partial charge in [-0.25, -0.2) is 0 Å². The lowest BCUT2D eigenvalue weighted by molar-refractivity contribution is 0.104. The molecule has 142 valence electrons. The number of benzene rings is 2. The van der Waals surface area contributed by atoms with E-state index in [9.17, 15) is 0 Å². The summed E-state index contributed by atoms with van der Waals surface area (Å²) in [6, 6.07) is 19.1. The second kappa shape index (κ2) is 8.07. The van der Waals surface area contributed by atoms with Crippen LogP contribution in [0.1, 0.15) is 30.5 Å². The molecule has 1 saturated heterocycles. The van der Waals surface area contributed by atoms with Gasteiger partial charge in [0, 0.05) is 18.5 Å². The van der Waals surface area contributed by atoms with E-state index < -0.39 is 5.54 Å². The lowest BCUT2D eigenvalue weighted by Gasteiger charge is -2.43.